The van der Waals surface area contributed by atoms with Crippen LogP contribution < -0.4 is 0 Å². The number of hydrogen-bond acceptors (Lipinski definition) is 5. The van der Waals surface area contributed by atoms with Crippen LogP contribution in [0.4, 0.5) is 0 Å². The van der Waals surface area contributed by atoms with Crippen LogP contribution >= 0.6 is 27.3 Å². The monoisotopic (exact) mass is 433 g/mol. The second-order valence-corrected chi connectivity index (χ2v) is 9.63. The van der Waals surface area contributed by atoms with Gasteiger partial charge in [-0.1, -0.05) is 38.1 Å². The van der Waals surface area contributed by atoms with Crippen molar-refractivity contribution in [3.8, 4) is 11.5 Å². The molecule has 3 rings (SSSR count). The Morgan fingerprint density at radius 1 is 1.23 bits per heavy atom. The Morgan fingerprint density at radius 2 is 1.96 bits per heavy atom. The summed E-state index contributed by atoms with van der Waals surface area (Å²) >= 11 is 5.07. The van der Waals surface area contributed by atoms with Gasteiger partial charge in [0.15, 0.2) is 5.82 Å². The molecule has 1 aromatic carbocycles. The molecular weight excluding hydrogens is 414 g/mol. The molecule has 0 bridgehead atoms. The summed E-state index contributed by atoms with van der Waals surface area (Å²) in [5.41, 5.74) is 0.985. The maximum absolute atomic E-state index is 13.0. The molecule has 5 nitrogen and oxygen atoms in total. The summed E-state index contributed by atoms with van der Waals surface area (Å²) in [5.74, 6) is 0.901. The van der Waals surface area contributed by atoms with Crippen LogP contribution in [0.5, 0.6) is 0 Å². The molecule has 0 spiro atoms. The molecule has 0 fully saturated rings. The molecule has 0 saturated heterocycles. The topological polar surface area (TPSA) is 59.2 Å². The van der Waals surface area contributed by atoms with Crippen molar-refractivity contribution in [3.63, 3.8) is 0 Å². The number of carbonyl (C=O) groups is 1. The normalized spacial score (nSPS) is 11.6. The van der Waals surface area contributed by atoms with Crippen molar-refractivity contribution in [2.45, 2.75) is 32.7 Å². The van der Waals surface area contributed by atoms with Crippen LogP contribution in [0.15, 0.2) is 44.7 Å². The van der Waals surface area contributed by atoms with Gasteiger partial charge < -0.3 is 9.42 Å². The molecule has 7 heteroatoms. The second-order valence-electron chi connectivity index (χ2n) is 7.09. The van der Waals surface area contributed by atoms with Crippen molar-refractivity contribution in [1.82, 2.24) is 15.0 Å². The van der Waals surface area contributed by atoms with Crippen LogP contribution in [-0.4, -0.2) is 28.0 Å². The van der Waals surface area contributed by atoms with E-state index in [1.165, 1.54) is 0 Å². The third-order valence-corrected chi connectivity index (χ3v) is 5.46. The van der Waals surface area contributed by atoms with Gasteiger partial charge in [-0.2, -0.15) is 4.98 Å². The van der Waals surface area contributed by atoms with Gasteiger partial charge in [-0.15, -0.1) is 11.3 Å². The number of halogens is 1. The number of benzene rings is 1. The van der Waals surface area contributed by atoms with Crippen molar-refractivity contribution in [3.05, 3.63) is 56.4 Å². The van der Waals surface area contributed by atoms with E-state index in [0.717, 1.165) is 8.66 Å². The molecule has 1 amide bonds. The lowest BCUT2D eigenvalue weighted by molar-refractivity contribution is 0.0787. The molecule has 0 saturated carbocycles. The predicted molar refractivity (Wildman–Crippen MR) is 106 cm³/mol. The number of carbonyl (C=O) groups excluding carboxylic acids is 1. The molecule has 26 heavy (non-hydrogen) atoms. The maximum atomic E-state index is 13.0. The summed E-state index contributed by atoms with van der Waals surface area (Å²) in [7, 11) is 1.79. The van der Waals surface area contributed by atoms with Crippen LogP contribution in [0.2, 0.25) is 0 Å². The number of hydrogen-bond donors (Lipinski definition) is 0. The molecule has 0 radical (unpaired) electrons. The zero-order valence-corrected chi connectivity index (χ0v) is 17.5. The number of aromatic nitrogens is 2. The van der Waals surface area contributed by atoms with E-state index < -0.39 is 0 Å². The van der Waals surface area contributed by atoms with Gasteiger partial charge in [0.25, 0.3) is 11.8 Å². The van der Waals surface area contributed by atoms with E-state index in [1.54, 1.807) is 29.4 Å². The van der Waals surface area contributed by atoms with Gasteiger partial charge in [-0.25, -0.2) is 0 Å². The average Bonchev–Trinajstić information content (AvgIpc) is 3.23. The summed E-state index contributed by atoms with van der Waals surface area (Å²) < 4.78 is 6.48. The molecular formula is C19H20BrN3O2S. The van der Waals surface area contributed by atoms with Gasteiger partial charge in [-0.05, 0) is 40.2 Å². The number of thiophene rings is 1. The minimum absolute atomic E-state index is 0.0827. The zero-order chi connectivity index (χ0) is 18.9. The van der Waals surface area contributed by atoms with E-state index in [1.807, 2.05) is 51.1 Å². The van der Waals surface area contributed by atoms with Crippen molar-refractivity contribution in [1.29, 1.82) is 0 Å². The van der Waals surface area contributed by atoms with Crippen LogP contribution in [0.25, 0.3) is 11.5 Å². The van der Waals surface area contributed by atoms with Gasteiger partial charge in [-0.3, -0.25) is 4.79 Å². The van der Waals surface area contributed by atoms with Crippen molar-refractivity contribution in [2.24, 2.45) is 0 Å². The lowest BCUT2D eigenvalue weighted by Gasteiger charge is -2.17. The first-order valence-electron chi connectivity index (χ1n) is 8.19. The first-order chi connectivity index (χ1) is 12.3. The van der Waals surface area contributed by atoms with E-state index in [2.05, 4.69) is 26.1 Å². The maximum Gasteiger partial charge on any atom is 0.258 e. The van der Waals surface area contributed by atoms with E-state index in [0.29, 0.717) is 29.4 Å². The molecule has 0 aliphatic rings. The van der Waals surface area contributed by atoms with Crippen LogP contribution in [0.1, 0.15) is 41.8 Å². The number of nitrogens with zero attached hydrogens (tertiary/aromatic N) is 3. The van der Waals surface area contributed by atoms with Crippen LogP contribution in [0.3, 0.4) is 0 Å². The summed E-state index contributed by atoms with van der Waals surface area (Å²) in [6.45, 7) is 6.60. The Balaban J connectivity index is 1.89. The largest absolute Gasteiger partial charge is 0.337 e. The fourth-order valence-corrected chi connectivity index (χ4v) is 3.98. The molecule has 0 aliphatic heterocycles. The van der Waals surface area contributed by atoms with E-state index >= 15 is 0 Å². The highest BCUT2D eigenvalue weighted by atomic mass is 79.9. The molecule has 0 atom stereocenters. The highest BCUT2D eigenvalue weighted by molar-refractivity contribution is 9.11. The van der Waals surface area contributed by atoms with E-state index in [9.17, 15) is 4.79 Å². The third kappa shape index (κ3) is 4.04. The van der Waals surface area contributed by atoms with Gasteiger partial charge in [0.2, 0.25) is 0 Å². The highest BCUT2D eigenvalue weighted by Gasteiger charge is 2.24. The molecule has 2 heterocycles. The minimum Gasteiger partial charge on any atom is -0.337 e. The van der Waals surface area contributed by atoms with Gasteiger partial charge in [0, 0.05) is 17.3 Å². The SMILES string of the molecule is CN(Cc1ccc(Br)s1)C(=O)c1ccccc1-c1nc(C(C)(C)C)no1. The Morgan fingerprint density at radius 3 is 2.58 bits per heavy atom. The minimum atomic E-state index is -0.218. The van der Waals surface area contributed by atoms with Gasteiger partial charge in [0.05, 0.1) is 21.5 Å². The first kappa shape index (κ1) is 18.8. The summed E-state index contributed by atoms with van der Waals surface area (Å²) in [5, 5.41) is 4.07. The second kappa shape index (κ2) is 7.32. The van der Waals surface area contributed by atoms with Crippen molar-refractivity contribution in [2.75, 3.05) is 7.05 Å². The summed E-state index contributed by atoms with van der Waals surface area (Å²) in [6, 6.07) is 11.3. The quantitative estimate of drug-likeness (QED) is 0.571. The lowest BCUT2D eigenvalue weighted by Crippen LogP contribution is -2.26. The van der Waals surface area contributed by atoms with Gasteiger partial charge >= 0.3 is 0 Å². The van der Waals surface area contributed by atoms with Crippen molar-refractivity contribution < 1.29 is 9.32 Å². The molecule has 136 valence electrons. The summed E-state index contributed by atoms with van der Waals surface area (Å²) in [6.07, 6.45) is 0. The standard InChI is InChI=1S/C19H20BrN3O2S/c1-19(2,3)18-21-16(25-22-18)13-7-5-6-8-14(13)17(24)23(4)11-12-9-10-15(20)26-12/h5-10H,11H2,1-4H3. The molecule has 3 aromatic rings. The number of amides is 1. The molecule has 2 aromatic heterocycles. The molecule has 0 unspecified atom stereocenters. The Bertz CT molecular complexity index is 927. The van der Waals surface area contributed by atoms with Gasteiger partial charge in [0.1, 0.15) is 0 Å². The van der Waals surface area contributed by atoms with Crippen LogP contribution in [-0.2, 0) is 12.0 Å². The lowest BCUT2D eigenvalue weighted by atomic mass is 9.96. The first-order valence-corrected chi connectivity index (χ1v) is 9.80. The third-order valence-electron chi connectivity index (χ3n) is 3.85. The zero-order valence-electron chi connectivity index (χ0n) is 15.1. The smallest absolute Gasteiger partial charge is 0.258 e. The van der Waals surface area contributed by atoms with E-state index in [-0.39, 0.29) is 11.3 Å². The fourth-order valence-electron chi connectivity index (χ4n) is 2.44. The Kier molecular flexibility index (Phi) is 5.29. The number of rotatable bonds is 4. The fraction of sp³-hybridized carbons (Fsp3) is 0.316. The Hall–Kier alpha value is -1.99. The highest BCUT2D eigenvalue weighted by Crippen LogP contribution is 2.28. The van der Waals surface area contributed by atoms with E-state index in [4.69, 9.17) is 4.52 Å². The Labute approximate surface area is 165 Å². The predicted octanol–water partition coefficient (Wildman–Crippen LogP) is 5.13. The van der Waals surface area contributed by atoms with Crippen molar-refractivity contribution >= 4 is 33.2 Å². The molecule has 0 N–H and O–H groups in total. The molecule has 0 aliphatic carbocycles. The van der Waals surface area contributed by atoms with Crippen LogP contribution in [0, 0.1) is 0 Å². The summed E-state index contributed by atoms with van der Waals surface area (Å²) in [4.78, 5) is 20.3. The average molecular weight is 434 g/mol.